The van der Waals surface area contributed by atoms with Crippen LogP contribution in [0.1, 0.15) is 38.2 Å². The number of hydrogen-bond acceptors (Lipinski definition) is 7. The predicted molar refractivity (Wildman–Crippen MR) is 165 cm³/mol. The molecular formula is C33H42O7SSi. The van der Waals surface area contributed by atoms with Gasteiger partial charge in [-0.15, -0.1) is 0 Å². The molecule has 7 atom stereocenters. The Bertz CT molecular complexity index is 1310. The first-order valence-corrected chi connectivity index (χ1v) is 18.5. The lowest BCUT2D eigenvalue weighted by Crippen LogP contribution is -2.66. The molecule has 2 saturated heterocycles. The van der Waals surface area contributed by atoms with Gasteiger partial charge in [-0.05, 0) is 48.0 Å². The van der Waals surface area contributed by atoms with E-state index in [-0.39, 0.29) is 11.6 Å². The first kappa shape index (κ1) is 31.1. The third-order valence-electron chi connectivity index (χ3n) is 8.38. The molecule has 3 aromatic rings. The van der Waals surface area contributed by atoms with Crippen LogP contribution in [-0.4, -0.2) is 56.1 Å². The van der Waals surface area contributed by atoms with Crippen LogP contribution in [0.3, 0.4) is 0 Å². The summed E-state index contributed by atoms with van der Waals surface area (Å²) in [5.41, 5.74) is 1.13. The summed E-state index contributed by atoms with van der Waals surface area (Å²) in [5, 5.41) is -0.0910. The molecule has 2 fully saturated rings. The Morgan fingerprint density at radius 3 is 2.14 bits per heavy atom. The average molecular weight is 611 g/mol. The van der Waals surface area contributed by atoms with Crippen molar-refractivity contribution in [3.05, 3.63) is 96.1 Å². The molecule has 7 nitrogen and oxygen atoms in total. The summed E-state index contributed by atoms with van der Waals surface area (Å²) < 4.78 is 52.7. The molecule has 0 radical (unpaired) electrons. The molecule has 9 heteroatoms. The van der Waals surface area contributed by atoms with Crippen LogP contribution in [0.2, 0.25) is 18.1 Å². The maximum atomic E-state index is 14.2. The number of methoxy groups -OCH3 is 1. The lowest BCUT2D eigenvalue weighted by molar-refractivity contribution is -0.324. The van der Waals surface area contributed by atoms with Gasteiger partial charge in [-0.2, -0.15) is 0 Å². The van der Waals surface area contributed by atoms with Crippen molar-refractivity contribution in [1.29, 1.82) is 0 Å². The molecule has 0 aliphatic carbocycles. The van der Waals surface area contributed by atoms with Crippen molar-refractivity contribution in [1.82, 2.24) is 0 Å². The average Bonchev–Trinajstić information content (AvgIpc) is 3.00. The molecule has 2 unspecified atom stereocenters. The Kier molecular flexibility index (Phi) is 9.68. The van der Waals surface area contributed by atoms with Crippen LogP contribution >= 0.6 is 0 Å². The molecule has 0 amide bonds. The van der Waals surface area contributed by atoms with Crippen LogP contribution in [0.5, 0.6) is 5.75 Å². The molecule has 0 bridgehead atoms. The molecular weight excluding hydrogens is 569 g/mol. The molecule has 0 aromatic heterocycles. The minimum atomic E-state index is -2.38. The second kappa shape index (κ2) is 13.1. The van der Waals surface area contributed by atoms with Gasteiger partial charge >= 0.3 is 0 Å². The van der Waals surface area contributed by atoms with Gasteiger partial charge in [0.1, 0.15) is 30.2 Å². The highest BCUT2D eigenvalue weighted by molar-refractivity contribution is 7.85. The molecule has 3 aromatic carbocycles. The van der Waals surface area contributed by atoms with Crippen LogP contribution in [0.15, 0.2) is 89.8 Å². The zero-order valence-electron chi connectivity index (χ0n) is 25.2. The highest BCUT2D eigenvalue weighted by Crippen LogP contribution is 2.43. The lowest BCUT2D eigenvalue weighted by atomic mass is 9.98. The van der Waals surface area contributed by atoms with Gasteiger partial charge in [0.15, 0.2) is 20.0 Å². The van der Waals surface area contributed by atoms with Gasteiger partial charge in [0.05, 0.1) is 31.1 Å². The third-order valence-corrected chi connectivity index (χ3v) is 14.4. The molecule has 0 spiro atoms. The number of fused-ring (bicyclic) bond motifs is 1. The van der Waals surface area contributed by atoms with E-state index < -0.39 is 55.3 Å². The minimum absolute atomic E-state index is 0.0910. The first-order valence-electron chi connectivity index (χ1n) is 14.4. The highest BCUT2D eigenvalue weighted by Gasteiger charge is 2.55. The normalized spacial score (nSPS) is 27.2. The van der Waals surface area contributed by atoms with E-state index >= 15 is 0 Å². The van der Waals surface area contributed by atoms with Crippen LogP contribution in [0.4, 0.5) is 0 Å². The van der Waals surface area contributed by atoms with E-state index in [0.717, 1.165) is 16.9 Å². The van der Waals surface area contributed by atoms with Crippen molar-refractivity contribution in [3.63, 3.8) is 0 Å². The number of rotatable bonds is 9. The number of ether oxygens (including phenoxy) is 5. The van der Waals surface area contributed by atoms with E-state index in [1.807, 2.05) is 84.9 Å². The first-order chi connectivity index (χ1) is 20.1. The summed E-state index contributed by atoms with van der Waals surface area (Å²) in [5.74, 6) is 0.779. The predicted octanol–water partition coefficient (Wildman–Crippen LogP) is 6.62. The van der Waals surface area contributed by atoms with Gasteiger partial charge in [0, 0.05) is 10.5 Å². The van der Waals surface area contributed by atoms with Crippen molar-refractivity contribution in [2.75, 3.05) is 13.7 Å². The summed E-state index contributed by atoms with van der Waals surface area (Å²) in [6.07, 6.45) is -2.76. The van der Waals surface area contributed by atoms with Crippen LogP contribution < -0.4 is 4.74 Å². The van der Waals surface area contributed by atoms with E-state index in [0.29, 0.717) is 11.5 Å². The number of hydrogen-bond donors (Lipinski definition) is 0. The lowest BCUT2D eigenvalue weighted by Gasteiger charge is -2.51. The van der Waals surface area contributed by atoms with Crippen molar-refractivity contribution >= 4 is 19.1 Å². The summed E-state index contributed by atoms with van der Waals surface area (Å²) in [4.78, 5) is 0.679. The molecule has 0 N–H and O–H groups in total. The second-order valence-corrected chi connectivity index (χ2v) is 18.6. The largest absolute Gasteiger partial charge is 0.497 e. The summed E-state index contributed by atoms with van der Waals surface area (Å²) in [7, 11) is -2.26. The Hall–Kier alpha value is -2.37. The molecule has 2 heterocycles. The summed E-state index contributed by atoms with van der Waals surface area (Å²) >= 11 is 0. The van der Waals surface area contributed by atoms with Gasteiger partial charge in [0.25, 0.3) is 0 Å². The van der Waals surface area contributed by atoms with E-state index in [1.54, 1.807) is 7.11 Å². The number of benzene rings is 3. The molecule has 42 heavy (non-hydrogen) atoms. The van der Waals surface area contributed by atoms with Crippen molar-refractivity contribution < 1.29 is 32.3 Å². The van der Waals surface area contributed by atoms with Crippen LogP contribution in [-0.2, 0) is 40.8 Å². The summed E-state index contributed by atoms with van der Waals surface area (Å²) in [6.45, 7) is 11.6. The SMILES string of the molecule is COc1ccc(CO[C@H]2[C@@H]3OC(c4ccccc4)OC[C@H]3O[C@H](S(=O)c3ccccc3)[C@H]2O[Si](C)(C)C(C)(C)C)cc1. The van der Waals surface area contributed by atoms with Gasteiger partial charge in [-0.1, -0.05) is 81.4 Å². The maximum Gasteiger partial charge on any atom is 0.192 e. The molecule has 2 aliphatic heterocycles. The van der Waals surface area contributed by atoms with Gasteiger partial charge in [0.2, 0.25) is 0 Å². The smallest absolute Gasteiger partial charge is 0.192 e. The molecule has 0 saturated carbocycles. The Morgan fingerprint density at radius 1 is 0.881 bits per heavy atom. The highest BCUT2D eigenvalue weighted by atomic mass is 32.2. The van der Waals surface area contributed by atoms with Crippen molar-refractivity contribution in [2.45, 2.75) is 86.5 Å². The van der Waals surface area contributed by atoms with Crippen molar-refractivity contribution in [3.8, 4) is 5.75 Å². The molecule has 2 aliphatic rings. The summed E-state index contributed by atoms with van der Waals surface area (Å²) in [6, 6.07) is 27.1. The van der Waals surface area contributed by atoms with E-state index in [4.69, 9.17) is 28.1 Å². The topological polar surface area (TPSA) is 72.5 Å². The van der Waals surface area contributed by atoms with Gasteiger partial charge < -0.3 is 28.1 Å². The van der Waals surface area contributed by atoms with Crippen LogP contribution in [0, 0.1) is 0 Å². The maximum absolute atomic E-state index is 14.2. The Morgan fingerprint density at radius 2 is 1.52 bits per heavy atom. The fraction of sp³-hybridized carbons (Fsp3) is 0.455. The van der Waals surface area contributed by atoms with E-state index in [2.05, 4.69) is 33.9 Å². The fourth-order valence-electron chi connectivity index (χ4n) is 4.93. The van der Waals surface area contributed by atoms with E-state index in [1.165, 1.54) is 0 Å². The third kappa shape index (κ3) is 6.88. The zero-order valence-corrected chi connectivity index (χ0v) is 27.0. The Labute approximate surface area is 253 Å². The minimum Gasteiger partial charge on any atom is -0.497 e. The molecule has 226 valence electrons. The van der Waals surface area contributed by atoms with Gasteiger partial charge in [-0.3, -0.25) is 4.21 Å². The van der Waals surface area contributed by atoms with Crippen LogP contribution in [0.25, 0.3) is 0 Å². The fourth-order valence-corrected chi connectivity index (χ4v) is 7.72. The van der Waals surface area contributed by atoms with Crippen molar-refractivity contribution in [2.24, 2.45) is 0 Å². The monoisotopic (exact) mass is 610 g/mol. The second-order valence-electron chi connectivity index (χ2n) is 12.3. The molecule has 5 rings (SSSR count). The standard InChI is InChI=1S/C33H42O7SSi/c1-33(2,3)42(5,6)40-30-29(36-21-23-17-19-25(35-4)20-18-23)28-27(22-37-31(39-28)24-13-9-7-10-14-24)38-32(30)41(34)26-15-11-8-12-16-26/h7-20,27-32H,21-22H2,1-6H3/t27-,28-,29+,30+,31?,32-,41?/m1/s1. The van der Waals surface area contributed by atoms with E-state index in [9.17, 15) is 4.21 Å². The quantitative estimate of drug-likeness (QED) is 0.252. The zero-order chi connectivity index (χ0) is 29.9. The van der Waals surface area contributed by atoms with Gasteiger partial charge in [-0.25, -0.2) is 0 Å². The Balaban J connectivity index is 1.52.